The van der Waals surface area contributed by atoms with Crippen LogP contribution in [0.2, 0.25) is 0 Å². The van der Waals surface area contributed by atoms with Gasteiger partial charge in [0.1, 0.15) is 5.82 Å². The molecule has 0 unspecified atom stereocenters. The number of anilines is 2. The lowest BCUT2D eigenvalue weighted by atomic mass is 10.2. The average molecular weight is 302 g/mol. The predicted molar refractivity (Wildman–Crippen MR) is 81.5 cm³/mol. The number of sulfone groups is 1. The van der Waals surface area contributed by atoms with Crippen molar-refractivity contribution in [2.24, 2.45) is 0 Å². The average Bonchev–Trinajstić information content (AvgIpc) is 2.81. The molecule has 0 radical (unpaired) electrons. The zero-order valence-electron chi connectivity index (χ0n) is 11.6. The number of rotatable bonds is 3. The lowest BCUT2D eigenvalue weighted by Gasteiger charge is -2.11. The van der Waals surface area contributed by atoms with E-state index in [2.05, 4.69) is 20.5 Å². The second-order valence-corrected chi connectivity index (χ2v) is 6.77. The first kappa shape index (κ1) is 13.6. The third kappa shape index (κ3) is 2.47. The van der Waals surface area contributed by atoms with E-state index in [0.29, 0.717) is 11.5 Å². The third-order valence-electron chi connectivity index (χ3n) is 3.20. The van der Waals surface area contributed by atoms with E-state index in [1.165, 1.54) is 6.26 Å². The van der Waals surface area contributed by atoms with Crippen LogP contribution in [0.4, 0.5) is 11.5 Å². The first-order valence-electron chi connectivity index (χ1n) is 6.32. The molecule has 21 heavy (non-hydrogen) atoms. The van der Waals surface area contributed by atoms with Gasteiger partial charge < -0.3 is 5.32 Å². The minimum absolute atomic E-state index is 0.241. The number of pyridine rings is 1. The molecule has 0 aliphatic heterocycles. The number of para-hydroxylation sites is 1. The molecule has 0 aliphatic rings. The minimum atomic E-state index is -3.32. The molecule has 0 bridgehead atoms. The van der Waals surface area contributed by atoms with Gasteiger partial charge in [-0.15, -0.1) is 0 Å². The van der Waals surface area contributed by atoms with Crippen LogP contribution in [0.25, 0.3) is 10.9 Å². The first-order valence-corrected chi connectivity index (χ1v) is 8.22. The van der Waals surface area contributed by atoms with Crippen LogP contribution in [0, 0.1) is 6.92 Å². The van der Waals surface area contributed by atoms with Gasteiger partial charge in [-0.1, -0.05) is 12.1 Å². The standard InChI is InChI=1S/C14H14N4O2S/c1-9-13-11(18-17-9)7-8-15-14(13)16-10-5-3-4-6-12(10)21(2,19)20/h3-8H,1-2H3,(H,15,16)(H,17,18). The van der Waals surface area contributed by atoms with Gasteiger partial charge in [0, 0.05) is 12.5 Å². The second kappa shape index (κ2) is 4.85. The minimum Gasteiger partial charge on any atom is -0.339 e. The van der Waals surface area contributed by atoms with Gasteiger partial charge in [-0.2, -0.15) is 5.10 Å². The van der Waals surface area contributed by atoms with Gasteiger partial charge in [0.15, 0.2) is 9.84 Å². The predicted octanol–water partition coefficient (Wildman–Crippen LogP) is 2.41. The van der Waals surface area contributed by atoms with Crippen molar-refractivity contribution in [1.29, 1.82) is 0 Å². The van der Waals surface area contributed by atoms with Crippen LogP contribution in [0.5, 0.6) is 0 Å². The largest absolute Gasteiger partial charge is 0.339 e. The molecule has 0 saturated heterocycles. The fourth-order valence-corrected chi connectivity index (χ4v) is 3.08. The Morgan fingerprint density at radius 1 is 1.19 bits per heavy atom. The molecule has 6 nitrogen and oxygen atoms in total. The van der Waals surface area contributed by atoms with Gasteiger partial charge in [-0.25, -0.2) is 13.4 Å². The summed E-state index contributed by atoms with van der Waals surface area (Å²) in [5.41, 5.74) is 2.15. The maximum atomic E-state index is 11.8. The van der Waals surface area contributed by atoms with Crippen molar-refractivity contribution in [1.82, 2.24) is 15.2 Å². The van der Waals surface area contributed by atoms with Crippen molar-refractivity contribution in [2.45, 2.75) is 11.8 Å². The fraction of sp³-hybridized carbons (Fsp3) is 0.143. The highest BCUT2D eigenvalue weighted by molar-refractivity contribution is 7.90. The van der Waals surface area contributed by atoms with E-state index in [0.717, 1.165) is 16.6 Å². The van der Waals surface area contributed by atoms with Gasteiger partial charge in [0.05, 0.1) is 27.2 Å². The lowest BCUT2D eigenvalue weighted by Crippen LogP contribution is -2.03. The Labute approximate surface area is 122 Å². The van der Waals surface area contributed by atoms with Crippen LogP contribution in [0.3, 0.4) is 0 Å². The van der Waals surface area contributed by atoms with E-state index in [1.54, 1.807) is 30.5 Å². The molecular formula is C14H14N4O2S. The molecule has 108 valence electrons. The summed E-state index contributed by atoms with van der Waals surface area (Å²) in [4.78, 5) is 4.53. The molecule has 3 rings (SSSR count). The molecule has 0 saturated carbocycles. The molecule has 0 atom stereocenters. The number of H-pyrrole nitrogens is 1. The molecule has 0 fully saturated rings. The number of aromatic amines is 1. The number of aromatic nitrogens is 3. The summed E-state index contributed by atoms with van der Waals surface area (Å²) in [6.07, 6.45) is 2.83. The van der Waals surface area contributed by atoms with E-state index in [-0.39, 0.29) is 4.90 Å². The summed E-state index contributed by atoms with van der Waals surface area (Å²) in [5, 5.41) is 11.0. The quantitative estimate of drug-likeness (QED) is 0.775. The van der Waals surface area contributed by atoms with Crippen molar-refractivity contribution in [3.05, 3.63) is 42.2 Å². The maximum Gasteiger partial charge on any atom is 0.177 e. The van der Waals surface area contributed by atoms with Crippen molar-refractivity contribution < 1.29 is 8.42 Å². The summed E-state index contributed by atoms with van der Waals surface area (Å²) < 4.78 is 23.7. The number of aryl methyl sites for hydroxylation is 1. The van der Waals surface area contributed by atoms with Gasteiger partial charge in [-0.3, -0.25) is 5.10 Å². The van der Waals surface area contributed by atoms with Crippen molar-refractivity contribution in [3.63, 3.8) is 0 Å². The summed E-state index contributed by atoms with van der Waals surface area (Å²) in [5.74, 6) is 0.579. The highest BCUT2D eigenvalue weighted by atomic mass is 32.2. The van der Waals surface area contributed by atoms with Crippen LogP contribution in [0.15, 0.2) is 41.4 Å². The number of hydrogen-bond donors (Lipinski definition) is 2. The van der Waals surface area contributed by atoms with Crippen LogP contribution < -0.4 is 5.32 Å². The Morgan fingerprint density at radius 3 is 2.71 bits per heavy atom. The van der Waals surface area contributed by atoms with Gasteiger partial charge >= 0.3 is 0 Å². The van der Waals surface area contributed by atoms with E-state index < -0.39 is 9.84 Å². The SMILES string of the molecule is Cc1n[nH]c2ccnc(Nc3ccccc3S(C)(=O)=O)c12. The van der Waals surface area contributed by atoms with Gasteiger partial charge in [0.25, 0.3) is 0 Å². The molecule has 2 N–H and O–H groups in total. The molecule has 0 amide bonds. The summed E-state index contributed by atoms with van der Waals surface area (Å²) >= 11 is 0. The first-order chi connectivity index (χ1) is 9.97. The zero-order chi connectivity index (χ0) is 15.0. The second-order valence-electron chi connectivity index (χ2n) is 4.78. The summed E-state index contributed by atoms with van der Waals surface area (Å²) in [6.45, 7) is 1.87. The molecule has 2 aromatic heterocycles. The highest BCUT2D eigenvalue weighted by Crippen LogP contribution is 2.28. The van der Waals surface area contributed by atoms with Gasteiger partial charge in [-0.05, 0) is 25.1 Å². The molecule has 3 aromatic rings. The Hall–Kier alpha value is -2.41. The van der Waals surface area contributed by atoms with Gasteiger partial charge in [0.2, 0.25) is 0 Å². The number of fused-ring (bicyclic) bond motifs is 1. The van der Waals surface area contributed by atoms with E-state index in [9.17, 15) is 8.42 Å². The normalized spacial score (nSPS) is 11.7. The molecule has 2 heterocycles. The van der Waals surface area contributed by atoms with E-state index in [1.807, 2.05) is 13.0 Å². The van der Waals surface area contributed by atoms with E-state index in [4.69, 9.17) is 0 Å². The molecular weight excluding hydrogens is 288 g/mol. The Kier molecular flexibility index (Phi) is 3.13. The lowest BCUT2D eigenvalue weighted by molar-refractivity contribution is 0.602. The topological polar surface area (TPSA) is 87.7 Å². The van der Waals surface area contributed by atoms with Crippen molar-refractivity contribution in [2.75, 3.05) is 11.6 Å². The Balaban J connectivity index is 2.14. The van der Waals surface area contributed by atoms with Crippen LogP contribution >= 0.6 is 0 Å². The molecule has 1 aromatic carbocycles. The van der Waals surface area contributed by atoms with Crippen LogP contribution in [-0.2, 0) is 9.84 Å². The van der Waals surface area contributed by atoms with Crippen molar-refractivity contribution >= 4 is 32.2 Å². The number of hydrogen-bond acceptors (Lipinski definition) is 5. The Morgan fingerprint density at radius 2 is 1.95 bits per heavy atom. The summed E-state index contributed by atoms with van der Waals surface area (Å²) in [7, 11) is -3.32. The number of benzene rings is 1. The molecule has 0 spiro atoms. The fourth-order valence-electron chi connectivity index (χ4n) is 2.24. The number of nitrogens with zero attached hydrogens (tertiary/aromatic N) is 2. The summed E-state index contributed by atoms with van der Waals surface area (Å²) in [6, 6.07) is 8.58. The Bertz CT molecular complexity index is 916. The van der Waals surface area contributed by atoms with Crippen LogP contribution in [-0.4, -0.2) is 29.9 Å². The van der Waals surface area contributed by atoms with E-state index >= 15 is 0 Å². The van der Waals surface area contributed by atoms with Crippen LogP contribution in [0.1, 0.15) is 5.69 Å². The third-order valence-corrected chi connectivity index (χ3v) is 4.35. The molecule has 7 heteroatoms. The zero-order valence-corrected chi connectivity index (χ0v) is 12.4. The highest BCUT2D eigenvalue weighted by Gasteiger charge is 2.15. The molecule has 0 aliphatic carbocycles. The number of nitrogens with one attached hydrogen (secondary N) is 2. The van der Waals surface area contributed by atoms with Crippen molar-refractivity contribution in [3.8, 4) is 0 Å². The smallest absolute Gasteiger partial charge is 0.177 e. The maximum absolute atomic E-state index is 11.8. The monoisotopic (exact) mass is 302 g/mol.